The molecule has 0 N–H and O–H groups in total. The van der Waals surface area contributed by atoms with E-state index < -0.39 is 0 Å². The van der Waals surface area contributed by atoms with E-state index in [2.05, 4.69) is 39.5 Å². The highest BCUT2D eigenvalue weighted by molar-refractivity contribution is 5.82. The summed E-state index contributed by atoms with van der Waals surface area (Å²) in [6, 6.07) is 0.395. The van der Waals surface area contributed by atoms with Crippen LogP contribution in [0.5, 0.6) is 0 Å². The Bertz CT molecular complexity index is 222. The average molecular weight is 197 g/mol. The monoisotopic (exact) mass is 197 g/mol. The molecular weight excluding hydrogens is 174 g/mol. The summed E-state index contributed by atoms with van der Waals surface area (Å²) in [6.45, 7) is 11.9. The third-order valence-corrected chi connectivity index (χ3v) is 3.96. The van der Waals surface area contributed by atoms with Crippen LogP contribution in [0.3, 0.4) is 0 Å². The van der Waals surface area contributed by atoms with Crippen molar-refractivity contribution in [1.82, 2.24) is 4.90 Å². The van der Waals surface area contributed by atoms with Crippen LogP contribution in [0.2, 0.25) is 0 Å². The average Bonchev–Trinajstić information content (AvgIpc) is 2.14. The standard InChI is InChI=1S/C12H23NO/c1-6-12(4,5)13-8-7-11(14)9(2)10(13)3/h9-10H,6-8H2,1-5H3. The number of ketones is 1. The second kappa shape index (κ2) is 4.01. The lowest BCUT2D eigenvalue weighted by Gasteiger charge is -2.46. The molecule has 2 nitrogen and oxygen atoms in total. The molecule has 0 spiro atoms. The molecule has 0 aromatic carbocycles. The van der Waals surface area contributed by atoms with E-state index in [-0.39, 0.29) is 11.5 Å². The van der Waals surface area contributed by atoms with E-state index in [1.54, 1.807) is 0 Å². The first-order valence-electron chi connectivity index (χ1n) is 5.69. The van der Waals surface area contributed by atoms with E-state index in [1.807, 2.05) is 0 Å². The van der Waals surface area contributed by atoms with Crippen molar-refractivity contribution in [2.75, 3.05) is 6.54 Å². The largest absolute Gasteiger partial charge is 0.299 e. The minimum Gasteiger partial charge on any atom is -0.299 e. The van der Waals surface area contributed by atoms with Gasteiger partial charge in [-0.05, 0) is 27.2 Å². The normalized spacial score (nSPS) is 30.8. The van der Waals surface area contributed by atoms with Crippen molar-refractivity contribution in [3.63, 3.8) is 0 Å². The van der Waals surface area contributed by atoms with Gasteiger partial charge in [-0.25, -0.2) is 0 Å². The molecule has 1 heterocycles. The third-order valence-electron chi connectivity index (χ3n) is 3.96. The van der Waals surface area contributed by atoms with Crippen molar-refractivity contribution in [3.8, 4) is 0 Å². The fourth-order valence-corrected chi connectivity index (χ4v) is 2.26. The molecule has 2 heteroatoms. The van der Waals surface area contributed by atoms with Crippen LogP contribution in [-0.2, 0) is 4.79 Å². The maximum atomic E-state index is 11.5. The molecule has 1 rings (SSSR count). The number of hydrogen-bond donors (Lipinski definition) is 0. The van der Waals surface area contributed by atoms with Gasteiger partial charge in [-0.2, -0.15) is 0 Å². The van der Waals surface area contributed by atoms with Crippen LogP contribution in [0.4, 0.5) is 0 Å². The lowest BCUT2D eigenvalue weighted by atomic mass is 9.85. The van der Waals surface area contributed by atoms with Gasteiger partial charge in [0.1, 0.15) is 5.78 Å². The number of likely N-dealkylation sites (tertiary alicyclic amines) is 1. The first-order valence-corrected chi connectivity index (χ1v) is 5.69. The van der Waals surface area contributed by atoms with E-state index >= 15 is 0 Å². The Labute approximate surface area is 87.7 Å². The van der Waals surface area contributed by atoms with Gasteiger partial charge in [0.05, 0.1) is 0 Å². The van der Waals surface area contributed by atoms with Crippen molar-refractivity contribution in [1.29, 1.82) is 0 Å². The van der Waals surface area contributed by atoms with E-state index in [9.17, 15) is 4.79 Å². The van der Waals surface area contributed by atoms with Crippen LogP contribution >= 0.6 is 0 Å². The van der Waals surface area contributed by atoms with Crippen molar-refractivity contribution in [2.24, 2.45) is 5.92 Å². The van der Waals surface area contributed by atoms with Crippen LogP contribution in [-0.4, -0.2) is 28.8 Å². The van der Waals surface area contributed by atoms with E-state index in [0.29, 0.717) is 11.8 Å². The van der Waals surface area contributed by atoms with Gasteiger partial charge < -0.3 is 0 Å². The Morgan fingerprint density at radius 3 is 2.50 bits per heavy atom. The fraction of sp³-hybridized carbons (Fsp3) is 0.917. The molecule has 0 saturated carbocycles. The molecular formula is C12H23NO. The lowest BCUT2D eigenvalue weighted by Crippen LogP contribution is -2.55. The van der Waals surface area contributed by atoms with E-state index in [0.717, 1.165) is 19.4 Å². The van der Waals surface area contributed by atoms with Gasteiger partial charge in [0.2, 0.25) is 0 Å². The van der Waals surface area contributed by atoms with E-state index in [1.165, 1.54) is 0 Å². The summed E-state index contributed by atoms with van der Waals surface area (Å²) < 4.78 is 0. The van der Waals surface area contributed by atoms with Gasteiger partial charge in [-0.15, -0.1) is 0 Å². The highest BCUT2D eigenvalue weighted by atomic mass is 16.1. The third kappa shape index (κ3) is 2.00. The molecule has 14 heavy (non-hydrogen) atoms. The minimum absolute atomic E-state index is 0.203. The Morgan fingerprint density at radius 1 is 1.43 bits per heavy atom. The molecule has 1 fully saturated rings. The molecule has 0 bridgehead atoms. The molecule has 1 saturated heterocycles. The summed E-state index contributed by atoms with van der Waals surface area (Å²) in [5.74, 6) is 0.634. The number of piperidine rings is 1. The first kappa shape index (κ1) is 11.7. The Morgan fingerprint density at radius 2 is 2.00 bits per heavy atom. The van der Waals surface area contributed by atoms with Gasteiger partial charge in [0, 0.05) is 30.5 Å². The number of rotatable bonds is 2. The molecule has 0 aromatic heterocycles. The Hall–Kier alpha value is -0.370. The zero-order valence-corrected chi connectivity index (χ0v) is 10.1. The summed E-state index contributed by atoms with van der Waals surface area (Å²) in [5.41, 5.74) is 0.231. The van der Waals surface area contributed by atoms with Crippen molar-refractivity contribution < 1.29 is 4.79 Å². The first-order chi connectivity index (χ1) is 6.40. The molecule has 0 radical (unpaired) electrons. The van der Waals surface area contributed by atoms with Gasteiger partial charge >= 0.3 is 0 Å². The molecule has 0 amide bonds. The van der Waals surface area contributed by atoms with Crippen molar-refractivity contribution in [3.05, 3.63) is 0 Å². The molecule has 0 aliphatic carbocycles. The summed E-state index contributed by atoms with van der Waals surface area (Å²) >= 11 is 0. The molecule has 1 aliphatic rings. The molecule has 2 atom stereocenters. The Balaban J connectivity index is 2.77. The van der Waals surface area contributed by atoms with Crippen LogP contribution in [0, 0.1) is 5.92 Å². The van der Waals surface area contributed by atoms with Gasteiger partial charge in [-0.3, -0.25) is 9.69 Å². The highest BCUT2D eigenvalue weighted by Crippen LogP contribution is 2.29. The number of hydrogen-bond acceptors (Lipinski definition) is 2. The van der Waals surface area contributed by atoms with Crippen LogP contribution in [0.1, 0.15) is 47.5 Å². The summed E-state index contributed by atoms with van der Waals surface area (Å²) in [7, 11) is 0. The minimum atomic E-state index is 0.203. The zero-order chi connectivity index (χ0) is 10.9. The number of carbonyl (C=O) groups excluding carboxylic acids is 1. The number of carbonyl (C=O) groups is 1. The molecule has 2 unspecified atom stereocenters. The zero-order valence-electron chi connectivity index (χ0n) is 10.1. The maximum absolute atomic E-state index is 11.5. The summed E-state index contributed by atoms with van der Waals surface area (Å²) in [4.78, 5) is 14.0. The van der Waals surface area contributed by atoms with Crippen LogP contribution in [0.15, 0.2) is 0 Å². The SMILES string of the molecule is CCC(C)(C)N1CCC(=O)C(C)C1C. The van der Waals surface area contributed by atoms with Crippen molar-refractivity contribution >= 4 is 5.78 Å². The van der Waals surface area contributed by atoms with Crippen LogP contribution in [0.25, 0.3) is 0 Å². The smallest absolute Gasteiger partial charge is 0.138 e. The van der Waals surface area contributed by atoms with Crippen molar-refractivity contribution in [2.45, 2.75) is 59.0 Å². The number of Topliss-reactive ketones (excluding diaryl/α,β-unsaturated/α-hetero) is 1. The predicted octanol–water partition coefficient (Wildman–Crippen LogP) is 2.47. The Kier molecular flexibility index (Phi) is 3.36. The van der Waals surface area contributed by atoms with Gasteiger partial charge in [0.25, 0.3) is 0 Å². The second-order valence-electron chi connectivity index (χ2n) is 5.10. The quantitative estimate of drug-likeness (QED) is 0.678. The van der Waals surface area contributed by atoms with E-state index in [4.69, 9.17) is 0 Å². The molecule has 0 aromatic rings. The second-order valence-corrected chi connectivity index (χ2v) is 5.10. The summed E-state index contributed by atoms with van der Waals surface area (Å²) in [6.07, 6.45) is 1.87. The molecule has 1 aliphatic heterocycles. The highest BCUT2D eigenvalue weighted by Gasteiger charge is 2.37. The number of nitrogens with zero attached hydrogens (tertiary/aromatic N) is 1. The summed E-state index contributed by atoms with van der Waals surface area (Å²) in [5, 5.41) is 0. The van der Waals surface area contributed by atoms with Gasteiger partial charge in [0.15, 0.2) is 0 Å². The lowest BCUT2D eigenvalue weighted by molar-refractivity contribution is -0.130. The molecule has 82 valence electrons. The maximum Gasteiger partial charge on any atom is 0.138 e. The fourth-order valence-electron chi connectivity index (χ4n) is 2.26. The van der Waals surface area contributed by atoms with Gasteiger partial charge in [-0.1, -0.05) is 13.8 Å². The topological polar surface area (TPSA) is 20.3 Å². The van der Waals surface area contributed by atoms with Crippen LogP contribution < -0.4 is 0 Å². The predicted molar refractivity (Wildman–Crippen MR) is 59.3 cm³/mol.